The van der Waals surface area contributed by atoms with E-state index in [4.69, 9.17) is 47.1 Å². The summed E-state index contributed by atoms with van der Waals surface area (Å²) in [6.07, 6.45) is 0. The van der Waals surface area contributed by atoms with Gasteiger partial charge in [-0.05, 0) is 17.5 Å². The van der Waals surface area contributed by atoms with Crippen LogP contribution in [0.1, 0.15) is 0 Å². The van der Waals surface area contributed by atoms with Crippen LogP contribution >= 0.6 is 0 Å². The number of rotatable bonds is 1. The zero-order valence-electron chi connectivity index (χ0n) is 17.1. The van der Waals surface area contributed by atoms with E-state index >= 15 is 0 Å². The lowest BCUT2D eigenvalue weighted by Crippen LogP contribution is -2.31. The van der Waals surface area contributed by atoms with E-state index in [2.05, 4.69) is 9.55 Å². The molecule has 0 fully saturated rings. The molecule has 6 rings (SSSR count). The minimum Gasteiger partial charge on any atom is -0.353 e. The molecule has 0 saturated carbocycles. The largest absolute Gasteiger partial charge is 0.353 e. The molecule has 0 aliphatic heterocycles. The van der Waals surface area contributed by atoms with E-state index in [0.717, 1.165) is 43.8 Å². The summed E-state index contributed by atoms with van der Waals surface area (Å²) in [7, 11) is 37.9. The number of benzene rings is 4. The van der Waals surface area contributed by atoms with Crippen molar-refractivity contribution in [2.45, 2.75) is 0 Å². The van der Waals surface area contributed by atoms with Gasteiger partial charge in [-0.3, -0.25) is 0 Å². The van der Waals surface area contributed by atoms with Crippen LogP contribution in [0.3, 0.4) is 0 Å². The van der Waals surface area contributed by atoms with Gasteiger partial charge < -0.3 is 9.55 Å². The number of hydrogen-bond acceptors (Lipinski definition) is 0. The average Bonchev–Trinajstić information content (AvgIpc) is 3.33. The second kappa shape index (κ2) is 6.68. The molecular formula is C24H10B6N2. The van der Waals surface area contributed by atoms with Crippen molar-refractivity contribution in [3.05, 3.63) is 54.6 Å². The van der Waals surface area contributed by atoms with Crippen molar-refractivity contribution >= 4 is 123 Å². The van der Waals surface area contributed by atoms with Gasteiger partial charge in [-0.15, -0.1) is 10.9 Å². The molecule has 0 unspecified atom stereocenters. The van der Waals surface area contributed by atoms with E-state index in [-0.39, 0.29) is 0 Å². The predicted molar refractivity (Wildman–Crippen MR) is 142 cm³/mol. The second-order valence-corrected chi connectivity index (χ2v) is 8.09. The number of H-pyrrole nitrogens is 1. The summed E-state index contributed by atoms with van der Waals surface area (Å²) in [4.78, 5) is 3.48. The van der Waals surface area contributed by atoms with E-state index in [9.17, 15) is 0 Å². The Hall–Kier alpha value is -3.13. The van der Waals surface area contributed by atoms with E-state index in [0.29, 0.717) is 38.3 Å². The maximum Gasteiger partial charge on any atom is 0.115 e. The van der Waals surface area contributed by atoms with Crippen LogP contribution in [0, 0.1) is 0 Å². The average molecular weight is 391 g/mol. The Bertz CT molecular complexity index is 1730. The lowest BCUT2D eigenvalue weighted by Gasteiger charge is -2.13. The number of nitrogens with one attached hydrogen (secondary N) is 1. The molecule has 0 spiro atoms. The van der Waals surface area contributed by atoms with Crippen molar-refractivity contribution in [1.29, 1.82) is 0 Å². The maximum absolute atomic E-state index is 6.51. The molecule has 0 amide bonds. The second-order valence-electron chi connectivity index (χ2n) is 8.09. The van der Waals surface area contributed by atoms with Crippen LogP contribution in [-0.4, -0.2) is 56.6 Å². The highest BCUT2D eigenvalue weighted by Crippen LogP contribution is 2.36. The maximum atomic E-state index is 6.51. The number of para-hydroxylation sites is 1. The van der Waals surface area contributed by atoms with Crippen LogP contribution in [0.4, 0.5) is 0 Å². The number of aromatic amines is 1. The van der Waals surface area contributed by atoms with Gasteiger partial charge in [-0.1, -0.05) is 64.3 Å². The minimum atomic E-state index is 0.433. The van der Waals surface area contributed by atoms with Gasteiger partial charge in [-0.25, -0.2) is 0 Å². The summed E-state index contributed by atoms with van der Waals surface area (Å²) in [6, 6.07) is 17.4. The van der Waals surface area contributed by atoms with Crippen molar-refractivity contribution in [3.8, 4) is 5.69 Å². The van der Waals surface area contributed by atoms with Crippen LogP contribution in [-0.2, 0) is 0 Å². The van der Waals surface area contributed by atoms with Gasteiger partial charge >= 0.3 is 0 Å². The molecule has 2 nitrogen and oxygen atoms in total. The fraction of sp³-hybridized carbons (Fsp3) is 0. The monoisotopic (exact) mass is 392 g/mol. The van der Waals surface area contributed by atoms with E-state index < -0.39 is 0 Å². The summed E-state index contributed by atoms with van der Waals surface area (Å²) >= 11 is 0. The van der Waals surface area contributed by atoms with Gasteiger partial charge in [0.05, 0.1) is 11.0 Å². The molecule has 4 aromatic carbocycles. The topological polar surface area (TPSA) is 20.7 Å². The number of hydrogen-bond donors (Lipinski definition) is 1. The normalized spacial score (nSPS) is 11.9. The fourth-order valence-corrected chi connectivity index (χ4v) is 4.83. The Labute approximate surface area is 193 Å². The lowest BCUT2D eigenvalue weighted by molar-refractivity contribution is 1.19. The first-order chi connectivity index (χ1) is 15.4. The Balaban J connectivity index is 1.96. The molecule has 2 aromatic heterocycles. The summed E-state index contributed by atoms with van der Waals surface area (Å²) < 4.78 is 2.08. The quantitative estimate of drug-likeness (QED) is 0.354. The van der Waals surface area contributed by atoms with Gasteiger partial charge in [0.15, 0.2) is 0 Å². The van der Waals surface area contributed by atoms with Crippen LogP contribution in [0.15, 0.2) is 54.6 Å². The van der Waals surface area contributed by atoms with Gasteiger partial charge in [0, 0.05) is 32.9 Å². The smallest absolute Gasteiger partial charge is 0.115 e. The van der Waals surface area contributed by atoms with Crippen LogP contribution < -0.4 is 32.8 Å². The van der Waals surface area contributed by atoms with Gasteiger partial charge in [0.1, 0.15) is 47.1 Å². The number of nitrogens with zero attached hydrogens (tertiary/aromatic N) is 1. The van der Waals surface area contributed by atoms with Crippen molar-refractivity contribution in [2.24, 2.45) is 0 Å². The van der Waals surface area contributed by atoms with Gasteiger partial charge in [0.2, 0.25) is 0 Å². The molecule has 134 valence electrons. The zero-order valence-corrected chi connectivity index (χ0v) is 17.1. The molecule has 0 aliphatic rings. The summed E-state index contributed by atoms with van der Waals surface area (Å²) in [5.41, 5.74) is 7.08. The minimum absolute atomic E-state index is 0.433. The molecule has 0 aliphatic carbocycles. The first-order valence-electron chi connectivity index (χ1n) is 10.1. The molecule has 0 atom stereocenters. The third-order valence-electron chi connectivity index (χ3n) is 6.26. The lowest BCUT2D eigenvalue weighted by atomic mass is 9.74. The predicted octanol–water partition coefficient (Wildman–Crippen LogP) is -0.819. The highest BCUT2D eigenvalue weighted by atomic mass is 15.0. The molecule has 12 radical (unpaired) electrons. The molecule has 1 N–H and O–H groups in total. The molecule has 8 heteroatoms. The Morgan fingerprint density at radius 3 is 1.91 bits per heavy atom. The molecule has 0 bridgehead atoms. The molecule has 32 heavy (non-hydrogen) atoms. The third-order valence-corrected chi connectivity index (χ3v) is 6.26. The van der Waals surface area contributed by atoms with Crippen molar-refractivity contribution in [1.82, 2.24) is 9.55 Å². The number of fused-ring (bicyclic) bond motifs is 7. The van der Waals surface area contributed by atoms with E-state index in [1.165, 1.54) is 0 Å². The highest BCUT2D eigenvalue weighted by molar-refractivity contribution is 6.58. The van der Waals surface area contributed by atoms with Crippen molar-refractivity contribution in [3.63, 3.8) is 0 Å². The van der Waals surface area contributed by atoms with E-state index in [1.54, 1.807) is 12.1 Å². The summed E-state index contributed by atoms with van der Waals surface area (Å²) in [6.45, 7) is 0. The van der Waals surface area contributed by atoms with Gasteiger partial charge in [-0.2, -0.15) is 0 Å². The highest BCUT2D eigenvalue weighted by Gasteiger charge is 2.21. The SMILES string of the molecule is [B]c1cc([B])c2c([nH]c3c2ccc2c4c([B])cc([B])c([B])c4n(-c4ccccc4)c23)c1[B]. The Morgan fingerprint density at radius 1 is 0.562 bits per heavy atom. The first-order valence-corrected chi connectivity index (χ1v) is 10.1. The Morgan fingerprint density at radius 2 is 1.19 bits per heavy atom. The summed E-state index contributed by atoms with van der Waals surface area (Å²) in [5.74, 6) is 0. The van der Waals surface area contributed by atoms with Crippen LogP contribution in [0.25, 0.3) is 49.3 Å². The van der Waals surface area contributed by atoms with Crippen LogP contribution in [0.2, 0.25) is 0 Å². The summed E-state index contributed by atoms with van der Waals surface area (Å²) in [5, 5.41) is 3.55. The van der Waals surface area contributed by atoms with Crippen LogP contribution in [0.5, 0.6) is 0 Å². The molecule has 6 aromatic rings. The molecular weight excluding hydrogens is 381 g/mol. The number of aromatic nitrogens is 2. The van der Waals surface area contributed by atoms with E-state index in [1.807, 2.05) is 42.5 Å². The van der Waals surface area contributed by atoms with Crippen molar-refractivity contribution < 1.29 is 0 Å². The standard InChI is InChI=1S/C24H10B6N2/c25-13-8-15(27)19(29)22-17(13)11-6-7-12-18-14(26)9-16(28)20(30)24(18)32(23(12)21(11)31-22)10-4-2-1-3-5-10/h1-9,31H. The van der Waals surface area contributed by atoms with Gasteiger partial charge in [0.25, 0.3) is 0 Å². The fourth-order valence-electron chi connectivity index (χ4n) is 4.83. The third kappa shape index (κ3) is 2.44. The Kier molecular flexibility index (Phi) is 4.08. The zero-order chi connectivity index (χ0) is 22.3. The molecule has 2 heterocycles. The molecule has 0 saturated heterocycles. The van der Waals surface area contributed by atoms with Crippen molar-refractivity contribution in [2.75, 3.05) is 0 Å². The first kappa shape index (κ1) is 19.5.